The minimum atomic E-state index is -0.113. The van der Waals surface area contributed by atoms with Crippen LogP contribution in [0, 0.1) is 0 Å². The summed E-state index contributed by atoms with van der Waals surface area (Å²) in [5.41, 5.74) is 1.60. The first-order valence-corrected chi connectivity index (χ1v) is 7.30. The van der Waals surface area contributed by atoms with E-state index in [9.17, 15) is 4.79 Å². The van der Waals surface area contributed by atoms with Crippen LogP contribution in [-0.2, 0) is 11.2 Å². The van der Waals surface area contributed by atoms with Gasteiger partial charge in [-0.3, -0.25) is 9.78 Å². The number of carbonyl (C=O) groups is 1. The van der Waals surface area contributed by atoms with E-state index in [1.165, 1.54) is 0 Å². The van der Waals surface area contributed by atoms with Crippen molar-refractivity contribution in [2.24, 2.45) is 0 Å². The zero-order valence-corrected chi connectivity index (χ0v) is 11.8. The molecule has 0 saturated heterocycles. The highest BCUT2D eigenvalue weighted by molar-refractivity contribution is 7.08. The summed E-state index contributed by atoms with van der Waals surface area (Å²) < 4.78 is 5.14. The topological polar surface area (TPSA) is 80.9 Å². The molecule has 1 amide bonds. The molecular weight excluding hydrogens is 288 g/mol. The van der Waals surface area contributed by atoms with Gasteiger partial charge in [0.25, 0.3) is 0 Å². The number of hydrogen-bond donors (Lipinski definition) is 1. The van der Waals surface area contributed by atoms with Gasteiger partial charge < -0.3 is 9.84 Å². The molecule has 0 aliphatic heterocycles. The highest BCUT2D eigenvalue weighted by atomic mass is 32.1. The molecule has 21 heavy (non-hydrogen) atoms. The second-order valence-corrected chi connectivity index (χ2v) is 5.09. The number of nitrogens with one attached hydrogen (secondary N) is 1. The van der Waals surface area contributed by atoms with Crippen molar-refractivity contribution in [3.63, 3.8) is 0 Å². The summed E-state index contributed by atoms with van der Waals surface area (Å²) in [6.07, 6.45) is 3.93. The average Bonchev–Trinajstić information content (AvgIpc) is 3.17. The van der Waals surface area contributed by atoms with Crippen molar-refractivity contribution in [1.29, 1.82) is 0 Å². The molecule has 0 unspecified atom stereocenters. The van der Waals surface area contributed by atoms with Crippen LogP contribution in [0.4, 0.5) is 5.69 Å². The summed E-state index contributed by atoms with van der Waals surface area (Å²) in [5.74, 6) is 0.898. The van der Waals surface area contributed by atoms with Gasteiger partial charge in [0.2, 0.25) is 17.6 Å². The maximum absolute atomic E-state index is 11.8. The summed E-state index contributed by atoms with van der Waals surface area (Å²) in [6.45, 7) is 0. The average molecular weight is 300 g/mol. The molecule has 3 rings (SSSR count). The number of aromatic nitrogens is 3. The molecule has 3 heterocycles. The number of nitrogens with zero attached hydrogens (tertiary/aromatic N) is 3. The van der Waals surface area contributed by atoms with Crippen LogP contribution >= 0.6 is 11.3 Å². The van der Waals surface area contributed by atoms with Gasteiger partial charge in [0, 0.05) is 30.0 Å². The largest absolute Gasteiger partial charge is 0.339 e. The van der Waals surface area contributed by atoms with Crippen LogP contribution in [0.3, 0.4) is 0 Å². The zero-order chi connectivity index (χ0) is 14.5. The number of thiophene rings is 1. The van der Waals surface area contributed by atoms with Crippen LogP contribution in [0.1, 0.15) is 12.3 Å². The van der Waals surface area contributed by atoms with Crippen molar-refractivity contribution in [3.05, 3.63) is 47.2 Å². The first-order chi connectivity index (χ1) is 10.3. The van der Waals surface area contributed by atoms with Crippen molar-refractivity contribution in [1.82, 2.24) is 15.1 Å². The van der Waals surface area contributed by atoms with Crippen molar-refractivity contribution >= 4 is 22.9 Å². The zero-order valence-electron chi connectivity index (χ0n) is 11.0. The molecule has 0 aromatic carbocycles. The molecule has 3 aromatic heterocycles. The van der Waals surface area contributed by atoms with Gasteiger partial charge in [0.1, 0.15) is 0 Å². The number of aryl methyl sites for hydroxylation is 1. The summed E-state index contributed by atoms with van der Waals surface area (Å²) in [7, 11) is 0. The van der Waals surface area contributed by atoms with Gasteiger partial charge in [0.05, 0.1) is 11.9 Å². The van der Waals surface area contributed by atoms with E-state index >= 15 is 0 Å². The minimum Gasteiger partial charge on any atom is -0.339 e. The third-order valence-corrected chi connectivity index (χ3v) is 3.44. The maximum Gasteiger partial charge on any atom is 0.227 e. The second kappa shape index (κ2) is 6.27. The van der Waals surface area contributed by atoms with Gasteiger partial charge >= 0.3 is 0 Å². The molecule has 0 aliphatic rings. The molecule has 3 aromatic rings. The van der Waals surface area contributed by atoms with Crippen LogP contribution in [-0.4, -0.2) is 21.0 Å². The Bertz CT molecular complexity index is 710. The van der Waals surface area contributed by atoms with E-state index in [2.05, 4.69) is 20.4 Å². The number of pyridine rings is 1. The fourth-order valence-electron chi connectivity index (χ4n) is 1.75. The van der Waals surface area contributed by atoms with E-state index in [1.807, 2.05) is 16.8 Å². The SMILES string of the molecule is O=C(CCc1nc(-c2ccsc2)no1)Nc1cccnc1. The number of amides is 1. The lowest BCUT2D eigenvalue weighted by molar-refractivity contribution is -0.116. The standard InChI is InChI=1S/C14H12N4O2S/c19-12(16-11-2-1-6-15-8-11)3-4-13-17-14(18-20-13)10-5-7-21-9-10/h1-2,5-9H,3-4H2,(H,16,19). The minimum absolute atomic E-state index is 0.113. The van der Waals surface area contributed by atoms with E-state index in [4.69, 9.17) is 4.52 Å². The fourth-order valence-corrected chi connectivity index (χ4v) is 2.38. The van der Waals surface area contributed by atoms with E-state index in [1.54, 1.807) is 35.9 Å². The Hall–Kier alpha value is -2.54. The maximum atomic E-state index is 11.8. The molecule has 7 heteroatoms. The monoisotopic (exact) mass is 300 g/mol. The van der Waals surface area contributed by atoms with Gasteiger partial charge in [0.15, 0.2) is 0 Å². The summed E-state index contributed by atoms with van der Waals surface area (Å²) in [6, 6.07) is 5.47. The molecule has 0 radical (unpaired) electrons. The Labute approximate surface area is 124 Å². The van der Waals surface area contributed by atoms with Crippen molar-refractivity contribution in [3.8, 4) is 11.4 Å². The summed E-state index contributed by atoms with van der Waals surface area (Å²) in [4.78, 5) is 20.0. The quantitative estimate of drug-likeness (QED) is 0.783. The molecule has 0 fully saturated rings. The van der Waals surface area contributed by atoms with Crippen molar-refractivity contribution < 1.29 is 9.32 Å². The second-order valence-electron chi connectivity index (χ2n) is 4.31. The van der Waals surface area contributed by atoms with E-state index < -0.39 is 0 Å². The molecule has 0 saturated carbocycles. The van der Waals surface area contributed by atoms with Gasteiger partial charge in [-0.05, 0) is 23.6 Å². The molecule has 1 N–H and O–H groups in total. The number of rotatable bonds is 5. The smallest absolute Gasteiger partial charge is 0.227 e. The predicted octanol–water partition coefficient (Wildman–Crippen LogP) is 2.76. The fraction of sp³-hybridized carbons (Fsp3) is 0.143. The van der Waals surface area contributed by atoms with Crippen LogP contribution in [0.25, 0.3) is 11.4 Å². The lowest BCUT2D eigenvalue weighted by atomic mass is 10.3. The molecule has 0 spiro atoms. The van der Waals surface area contributed by atoms with Crippen LogP contribution in [0.2, 0.25) is 0 Å². The number of anilines is 1. The third-order valence-electron chi connectivity index (χ3n) is 2.76. The van der Waals surface area contributed by atoms with Gasteiger partial charge in [-0.15, -0.1) is 0 Å². The van der Waals surface area contributed by atoms with Crippen LogP contribution < -0.4 is 5.32 Å². The molecule has 0 bridgehead atoms. The third kappa shape index (κ3) is 3.51. The Kier molecular flexibility index (Phi) is 4.02. The van der Waals surface area contributed by atoms with Crippen molar-refractivity contribution in [2.75, 3.05) is 5.32 Å². The first kappa shape index (κ1) is 13.4. The lowest BCUT2D eigenvalue weighted by Gasteiger charge is -2.02. The Balaban J connectivity index is 1.54. The van der Waals surface area contributed by atoms with Gasteiger partial charge in [-0.2, -0.15) is 16.3 Å². The van der Waals surface area contributed by atoms with E-state index in [0.29, 0.717) is 23.8 Å². The molecule has 0 atom stereocenters. The highest BCUT2D eigenvalue weighted by Gasteiger charge is 2.11. The molecule has 106 valence electrons. The summed E-state index contributed by atoms with van der Waals surface area (Å²) >= 11 is 1.57. The van der Waals surface area contributed by atoms with Crippen LogP contribution in [0.15, 0.2) is 45.9 Å². The summed E-state index contributed by atoms with van der Waals surface area (Å²) in [5, 5.41) is 10.6. The van der Waals surface area contributed by atoms with Gasteiger partial charge in [-0.1, -0.05) is 5.16 Å². The molecule has 0 aliphatic carbocycles. The Morgan fingerprint density at radius 1 is 1.38 bits per heavy atom. The van der Waals surface area contributed by atoms with E-state index in [0.717, 1.165) is 5.56 Å². The van der Waals surface area contributed by atoms with Crippen molar-refractivity contribution in [2.45, 2.75) is 12.8 Å². The van der Waals surface area contributed by atoms with E-state index in [-0.39, 0.29) is 12.3 Å². The van der Waals surface area contributed by atoms with Gasteiger partial charge in [-0.25, -0.2) is 0 Å². The predicted molar refractivity (Wildman–Crippen MR) is 78.8 cm³/mol. The number of carbonyl (C=O) groups excluding carboxylic acids is 1. The first-order valence-electron chi connectivity index (χ1n) is 6.36. The Morgan fingerprint density at radius 2 is 2.33 bits per heavy atom. The molecule has 6 nitrogen and oxygen atoms in total. The van der Waals surface area contributed by atoms with Crippen LogP contribution in [0.5, 0.6) is 0 Å². The molecular formula is C14H12N4O2S. The number of hydrogen-bond acceptors (Lipinski definition) is 6. The Morgan fingerprint density at radius 3 is 3.10 bits per heavy atom. The highest BCUT2D eigenvalue weighted by Crippen LogP contribution is 2.19. The lowest BCUT2D eigenvalue weighted by Crippen LogP contribution is -2.12. The normalized spacial score (nSPS) is 10.5.